The molecule has 0 amide bonds. The molecule has 1 saturated carbocycles. The van der Waals surface area contributed by atoms with Crippen LogP contribution >= 0.6 is 0 Å². The normalized spacial score (nSPS) is 26.3. The van der Waals surface area contributed by atoms with Crippen LogP contribution in [0.15, 0.2) is 16.5 Å². The number of ether oxygens (including phenoxy) is 1. The number of rotatable bonds is 4. The third-order valence-corrected chi connectivity index (χ3v) is 2.56. The molecule has 0 bridgehead atoms. The molecule has 13 heavy (non-hydrogen) atoms. The Morgan fingerprint density at radius 3 is 3.08 bits per heavy atom. The Kier molecular flexibility index (Phi) is 2.38. The summed E-state index contributed by atoms with van der Waals surface area (Å²) in [6, 6.07) is 4.01. The van der Waals surface area contributed by atoms with E-state index in [-0.39, 0.29) is 0 Å². The Labute approximate surface area is 77.9 Å². The van der Waals surface area contributed by atoms with Gasteiger partial charge < -0.3 is 14.9 Å². The average molecular weight is 181 g/mol. The molecular formula is C10H15NO2. The third kappa shape index (κ3) is 1.76. The lowest BCUT2D eigenvalue weighted by Crippen LogP contribution is -2.01. The van der Waals surface area contributed by atoms with E-state index in [0.717, 1.165) is 18.1 Å². The summed E-state index contributed by atoms with van der Waals surface area (Å²) in [6.07, 6.45) is 1.18. The highest BCUT2D eigenvalue weighted by Crippen LogP contribution is 2.47. The second-order valence-electron chi connectivity index (χ2n) is 3.58. The summed E-state index contributed by atoms with van der Waals surface area (Å²) in [5.74, 6) is 3.18. The summed E-state index contributed by atoms with van der Waals surface area (Å²) in [6.45, 7) is 1.32. The second-order valence-corrected chi connectivity index (χ2v) is 3.58. The lowest BCUT2D eigenvalue weighted by atomic mass is 10.2. The maximum absolute atomic E-state index is 5.60. The van der Waals surface area contributed by atoms with E-state index in [1.165, 1.54) is 6.42 Å². The first-order valence-corrected chi connectivity index (χ1v) is 4.62. The molecule has 0 spiro atoms. The van der Waals surface area contributed by atoms with Gasteiger partial charge >= 0.3 is 0 Å². The van der Waals surface area contributed by atoms with Crippen LogP contribution in [0.3, 0.4) is 0 Å². The average Bonchev–Trinajstić information content (AvgIpc) is 2.80. The van der Waals surface area contributed by atoms with Crippen LogP contribution < -0.4 is 5.73 Å². The number of methoxy groups -OCH3 is 1. The molecule has 1 aliphatic rings. The standard InChI is InChI=1S/C10H15NO2/c1-12-6-8-2-3-10(13-8)9-4-7(9)5-11/h2-3,7,9H,4-6,11H2,1H3/t7-,9+/m0/s1. The fourth-order valence-corrected chi connectivity index (χ4v) is 1.67. The molecule has 1 fully saturated rings. The van der Waals surface area contributed by atoms with E-state index in [0.29, 0.717) is 18.4 Å². The number of nitrogens with two attached hydrogens (primary N) is 1. The van der Waals surface area contributed by atoms with E-state index in [9.17, 15) is 0 Å². The van der Waals surface area contributed by atoms with Crippen LogP contribution in [0.4, 0.5) is 0 Å². The first kappa shape index (κ1) is 8.78. The predicted molar refractivity (Wildman–Crippen MR) is 49.3 cm³/mol. The van der Waals surface area contributed by atoms with Crippen LogP contribution in [-0.4, -0.2) is 13.7 Å². The van der Waals surface area contributed by atoms with Crippen LogP contribution in [0.25, 0.3) is 0 Å². The summed E-state index contributed by atoms with van der Waals surface area (Å²) in [5.41, 5.74) is 5.56. The van der Waals surface area contributed by atoms with Crippen molar-refractivity contribution < 1.29 is 9.15 Å². The number of furan rings is 1. The van der Waals surface area contributed by atoms with Gasteiger partial charge in [0.1, 0.15) is 18.1 Å². The molecule has 1 aromatic heterocycles. The van der Waals surface area contributed by atoms with Gasteiger partial charge in [0, 0.05) is 13.0 Å². The topological polar surface area (TPSA) is 48.4 Å². The lowest BCUT2D eigenvalue weighted by Gasteiger charge is -1.94. The Balaban J connectivity index is 1.98. The molecule has 0 radical (unpaired) electrons. The number of hydrogen-bond acceptors (Lipinski definition) is 3. The number of hydrogen-bond donors (Lipinski definition) is 1. The fourth-order valence-electron chi connectivity index (χ4n) is 1.67. The smallest absolute Gasteiger partial charge is 0.129 e. The van der Waals surface area contributed by atoms with Crippen molar-refractivity contribution in [1.82, 2.24) is 0 Å². The minimum Gasteiger partial charge on any atom is -0.463 e. The summed E-state index contributed by atoms with van der Waals surface area (Å²) >= 11 is 0. The van der Waals surface area contributed by atoms with Gasteiger partial charge in [0.05, 0.1) is 0 Å². The van der Waals surface area contributed by atoms with Crippen molar-refractivity contribution in [1.29, 1.82) is 0 Å². The minimum atomic E-state index is 0.556. The first-order valence-electron chi connectivity index (χ1n) is 4.62. The molecule has 2 N–H and O–H groups in total. The molecule has 0 aliphatic heterocycles. The van der Waals surface area contributed by atoms with Gasteiger partial charge in [0.25, 0.3) is 0 Å². The Morgan fingerprint density at radius 2 is 2.46 bits per heavy atom. The van der Waals surface area contributed by atoms with E-state index in [1.807, 2.05) is 12.1 Å². The van der Waals surface area contributed by atoms with Gasteiger partial charge in [-0.1, -0.05) is 0 Å². The molecule has 0 aromatic carbocycles. The SMILES string of the molecule is COCc1ccc([C@@H]2C[C@H]2CN)o1. The van der Waals surface area contributed by atoms with Gasteiger partial charge in [-0.3, -0.25) is 0 Å². The summed E-state index contributed by atoms with van der Waals surface area (Å²) in [5, 5.41) is 0. The van der Waals surface area contributed by atoms with Crippen molar-refractivity contribution in [2.24, 2.45) is 11.7 Å². The van der Waals surface area contributed by atoms with E-state index >= 15 is 0 Å². The molecular weight excluding hydrogens is 166 g/mol. The monoisotopic (exact) mass is 181 g/mol. The Bertz CT molecular complexity index is 282. The molecule has 2 rings (SSSR count). The van der Waals surface area contributed by atoms with Crippen LogP contribution in [0.5, 0.6) is 0 Å². The highest BCUT2D eigenvalue weighted by Gasteiger charge is 2.39. The Hall–Kier alpha value is -0.800. The third-order valence-electron chi connectivity index (χ3n) is 2.56. The second kappa shape index (κ2) is 3.52. The molecule has 1 aromatic rings. The van der Waals surface area contributed by atoms with E-state index < -0.39 is 0 Å². The largest absolute Gasteiger partial charge is 0.463 e. The van der Waals surface area contributed by atoms with E-state index in [2.05, 4.69) is 0 Å². The van der Waals surface area contributed by atoms with Crippen molar-refractivity contribution in [2.75, 3.05) is 13.7 Å². The fraction of sp³-hybridized carbons (Fsp3) is 0.600. The zero-order valence-electron chi connectivity index (χ0n) is 7.82. The summed E-state index contributed by atoms with van der Waals surface area (Å²) in [7, 11) is 1.67. The van der Waals surface area contributed by atoms with E-state index in [1.54, 1.807) is 7.11 Å². The lowest BCUT2D eigenvalue weighted by molar-refractivity contribution is 0.162. The summed E-state index contributed by atoms with van der Waals surface area (Å²) < 4.78 is 10.6. The maximum Gasteiger partial charge on any atom is 0.129 e. The van der Waals surface area contributed by atoms with Crippen LogP contribution in [-0.2, 0) is 11.3 Å². The molecule has 0 unspecified atom stereocenters. The minimum absolute atomic E-state index is 0.556. The quantitative estimate of drug-likeness (QED) is 0.765. The van der Waals surface area contributed by atoms with Crippen molar-refractivity contribution in [3.05, 3.63) is 23.7 Å². The van der Waals surface area contributed by atoms with Crippen LogP contribution in [0.2, 0.25) is 0 Å². The molecule has 0 saturated heterocycles. The maximum atomic E-state index is 5.60. The van der Waals surface area contributed by atoms with Gasteiger partial charge in [0.15, 0.2) is 0 Å². The van der Waals surface area contributed by atoms with Crippen LogP contribution in [0, 0.1) is 5.92 Å². The first-order chi connectivity index (χ1) is 6.35. The van der Waals surface area contributed by atoms with E-state index in [4.69, 9.17) is 14.9 Å². The predicted octanol–water partition coefficient (Wildman–Crippen LogP) is 1.49. The van der Waals surface area contributed by atoms with Crippen molar-refractivity contribution in [3.8, 4) is 0 Å². The molecule has 3 nitrogen and oxygen atoms in total. The molecule has 2 atom stereocenters. The van der Waals surface area contributed by atoms with Gasteiger partial charge in [-0.2, -0.15) is 0 Å². The summed E-state index contributed by atoms with van der Waals surface area (Å²) in [4.78, 5) is 0. The van der Waals surface area contributed by atoms with Crippen LogP contribution in [0.1, 0.15) is 23.9 Å². The highest BCUT2D eigenvalue weighted by atomic mass is 16.5. The van der Waals surface area contributed by atoms with Crippen molar-refractivity contribution in [2.45, 2.75) is 18.9 Å². The molecule has 3 heteroatoms. The van der Waals surface area contributed by atoms with Gasteiger partial charge in [0.2, 0.25) is 0 Å². The zero-order valence-corrected chi connectivity index (χ0v) is 7.82. The van der Waals surface area contributed by atoms with Crippen molar-refractivity contribution in [3.63, 3.8) is 0 Å². The van der Waals surface area contributed by atoms with Crippen molar-refractivity contribution >= 4 is 0 Å². The molecule has 1 heterocycles. The molecule has 1 aliphatic carbocycles. The van der Waals surface area contributed by atoms with Gasteiger partial charge in [-0.25, -0.2) is 0 Å². The molecule has 72 valence electrons. The Morgan fingerprint density at radius 1 is 1.62 bits per heavy atom. The zero-order chi connectivity index (χ0) is 9.26. The van der Waals surface area contributed by atoms with Gasteiger partial charge in [-0.05, 0) is 31.0 Å². The van der Waals surface area contributed by atoms with Gasteiger partial charge in [-0.15, -0.1) is 0 Å². The highest BCUT2D eigenvalue weighted by molar-refractivity contribution is 5.18.